The Labute approximate surface area is 241 Å². The Morgan fingerprint density at radius 2 is 0.881 bits per heavy atom. The Kier molecular flexibility index (Phi) is 6.17. The lowest BCUT2D eigenvalue weighted by Crippen LogP contribution is -2.44. The highest BCUT2D eigenvalue weighted by Gasteiger charge is 2.47. The Hall–Kier alpha value is -5.82. The van der Waals surface area contributed by atoms with Gasteiger partial charge in [-0.25, -0.2) is 4.98 Å². The number of fused-ring (bicyclic) bond motifs is 2. The zero-order chi connectivity index (χ0) is 28.6. The van der Waals surface area contributed by atoms with E-state index in [9.17, 15) is 14.4 Å². The number of aromatic nitrogens is 2. The topological polar surface area (TPSA) is 75.5 Å². The molecule has 5 aromatic carbocycles. The summed E-state index contributed by atoms with van der Waals surface area (Å²) in [5.74, 6) is -0.686. The van der Waals surface area contributed by atoms with Crippen molar-refractivity contribution in [2.24, 2.45) is 0 Å². The number of benzene rings is 5. The van der Waals surface area contributed by atoms with Crippen LogP contribution in [0.25, 0.3) is 11.0 Å². The number of anilines is 2. The van der Waals surface area contributed by atoms with E-state index in [1.807, 2.05) is 66.7 Å². The van der Waals surface area contributed by atoms with Gasteiger partial charge in [-0.2, -0.15) is 0 Å². The summed E-state index contributed by atoms with van der Waals surface area (Å²) in [5.41, 5.74) is 3.60. The van der Waals surface area contributed by atoms with Crippen LogP contribution in [-0.4, -0.2) is 27.3 Å². The molecular formula is C35H24N4O3. The average molecular weight is 549 g/mol. The van der Waals surface area contributed by atoms with Crippen LogP contribution >= 0.6 is 0 Å². The smallest absolute Gasteiger partial charge is 0.263 e. The molecule has 202 valence electrons. The number of para-hydroxylation sites is 4. The van der Waals surface area contributed by atoms with Crippen LogP contribution < -0.4 is 9.80 Å². The van der Waals surface area contributed by atoms with E-state index in [4.69, 9.17) is 4.98 Å². The van der Waals surface area contributed by atoms with Crippen molar-refractivity contribution in [1.82, 2.24) is 9.55 Å². The predicted octanol–water partition coefficient (Wildman–Crippen LogP) is 6.73. The van der Waals surface area contributed by atoms with E-state index in [1.54, 1.807) is 82.6 Å². The van der Waals surface area contributed by atoms with E-state index in [0.717, 1.165) is 0 Å². The fraction of sp³-hybridized carbons (Fsp3) is 0.0286. The molecule has 6 aromatic rings. The van der Waals surface area contributed by atoms with Crippen molar-refractivity contribution in [2.75, 3.05) is 9.80 Å². The Bertz CT molecular complexity index is 1870. The van der Waals surface area contributed by atoms with Gasteiger partial charge in [0.2, 0.25) is 0 Å². The van der Waals surface area contributed by atoms with Crippen molar-refractivity contribution in [3.63, 3.8) is 0 Å². The van der Waals surface area contributed by atoms with Gasteiger partial charge in [-0.1, -0.05) is 78.9 Å². The number of carbonyl (C=O) groups excluding carboxylic acids is 3. The van der Waals surface area contributed by atoms with E-state index < -0.39 is 6.17 Å². The second-order valence-electron chi connectivity index (χ2n) is 9.91. The minimum absolute atomic E-state index is 0.259. The van der Waals surface area contributed by atoms with Crippen LogP contribution in [0.4, 0.5) is 11.4 Å². The maximum absolute atomic E-state index is 14.3. The van der Waals surface area contributed by atoms with Gasteiger partial charge in [0.25, 0.3) is 17.7 Å². The average Bonchev–Trinajstić information content (AvgIpc) is 3.61. The highest BCUT2D eigenvalue weighted by molar-refractivity contribution is 6.17. The molecule has 1 aliphatic rings. The van der Waals surface area contributed by atoms with Crippen LogP contribution in [0.2, 0.25) is 0 Å². The first kappa shape index (κ1) is 25.2. The largest absolute Gasteiger partial charge is 0.277 e. The van der Waals surface area contributed by atoms with E-state index in [2.05, 4.69) is 0 Å². The first-order chi connectivity index (χ1) is 20.6. The second-order valence-corrected chi connectivity index (χ2v) is 9.91. The van der Waals surface area contributed by atoms with Crippen molar-refractivity contribution < 1.29 is 14.4 Å². The molecule has 0 atom stereocenters. The van der Waals surface area contributed by atoms with Crippen LogP contribution in [0.5, 0.6) is 0 Å². The fourth-order valence-electron chi connectivity index (χ4n) is 5.50. The summed E-state index contributed by atoms with van der Waals surface area (Å²) < 4.78 is 1.53. The molecule has 0 fully saturated rings. The zero-order valence-electron chi connectivity index (χ0n) is 22.4. The molecule has 42 heavy (non-hydrogen) atoms. The molecule has 0 spiro atoms. The third kappa shape index (κ3) is 4.07. The first-order valence-corrected chi connectivity index (χ1v) is 13.6. The first-order valence-electron chi connectivity index (χ1n) is 13.6. The molecule has 0 radical (unpaired) electrons. The maximum atomic E-state index is 14.3. The number of nitrogens with zero attached hydrogens (tertiary/aromatic N) is 4. The summed E-state index contributed by atoms with van der Waals surface area (Å²) in [7, 11) is 0. The van der Waals surface area contributed by atoms with E-state index in [1.165, 1.54) is 4.57 Å². The summed E-state index contributed by atoms with van der Waals surface area (Å²) in [6.07, 6.45) is -1.05. The third-order valence-electron chi connectivity index (χ3n) is 7.41. The third-order valence-corrected chi connectivity index (χ3v) is 7.41. The lowest BCUT2D eigenvalue weighted by atomic mass is 10.1. The second kappa shape index (κ2) is 10.3. The SMILES string of the molecule is O=C(c1ccccc1)N1c2ccccc2N(C(=O)c2ccccc2)C1c1nc2ccccc2n1C(=O)c1ccccc1. The van der Waals surface area contributed by atoms with Crippen LogP contribution in [-0.2, 0) is 0 Å². The van der Waals surface area contributed by atoms with Gasteiger partial charge >= 0.3 is 0 Å². The molecule has 0 N–H and O–H groups in total. The van der Waals surface area contributed by atoms with Crippen LogP contribution in [0.1, 0.15) is 43.1 Å². The standard InChI is InChI=1S/C35H24N4O3/c40-33(24-14-4-1-5-15-24)37-28-21-11-10-20-27(28)36-31(37)32-38(34(41)25-16-6-2-7-17-25)29-22-12-13-23-30(29)39(32)35(42)26-18-8-3-9-19-26/h1-23,32H. The molecule has 0 saturated heterocycles. The number of rotatable bonds is 4. The van der Waals surface area contributed by atoms with Crippen molar-refractivity contribution in [3.05, 3.63) is 162 Å². The van der Waals surface area contributed by atoms with Gasteiger partial charge in [0.15, 0.2) is 12.0 Å². The molecule has 0 bridgehead atoms. The van der Waals surface area contributed by atoms with E-state index in [0.29, 0.717) is 39.1 Å². The lowest BCUT2D eigenvalue weighted by molar-refractivity contribution is 0.0926. The van der Waals surface area contributed by atoms with Crippen molar-refractivity contribution >= 4 is 40.1 Å². The highest BCUT2D eigenvalue weighted by Crippen LogP contribution is 2.48. The summed E-state index contributed by atoms with van der Waals surface area (Å²) >= 11 is 0. The maximum Gasteiger partial charge on any atom is 0.263 e. The molecule has 1 aliphatic heterocycles. The van der Waals surface area contributed by atoms with Gasteiger partial charge in [0.1, 0.15) is 0 Å². The van der Waals surface area contributed by atoms with Crippen molar-refractivity contribution in [1.29, 1.82) is 0 Å². The number of carbonyl (C=O) groups is 3. The van der Waals surface area contributed by atoms with E-state index >= 15 is 0 Å². The number of hydrogen-bond donors (Lipinski definition) is 0. The quantitative estimate of drug-likeness (QED) is 0.245. The highest BCUT2D eigenvalue weighted by atomic mass is 16.2. The molecule has 0 saturated carbocycles. The number of hydrogen-bond acceptors (Lipinski definition) is 4. The monoisotopic (exact) mass is 548 g/mol. The summed E-state index contributed by atoms with van der Waals surface area (Å²) in [6.45, 7) is 0. The van der Waals surface area contributed by atoms with Gasteiger partial charge in [-0.15, -0.1) is 0 Å². The molecule has 0 aliphatic carbocycles. The van der Waals surface area contributed by atoms with E-state index in [-0.39, 0.29) is 23.5 Å². The molecule has 7 rings (SSSR count). The normalized spacial score (nSPS) is 12.9. The van der Waals surface area contributed by atoms with Crippen LogP contribution in [0, 0.1) is 0 Å². The van der Waals surface area contributed by atoms with Gasteiger partial charge in [0, 0.05) is 16.7 Å². The molecule has 1 aromatic heterocycles. The van der Waals surface area contributed by atoms with Gasteiger partial charge in [-0.3, -0.25) is 28.8 Å². The van der Waals surface area contributed by atoms with Crippen molar-refractivity contribution in [2.45, 2.75) is 6.17 Å². The Morgan fingerprint density at radius 3 is 1.38 bits per heavy atom. The Morgan fingerprint density at radius 1 is 0.476 bits per heavy atom. The van der Waals surface area contributed by atoms with Gasteiger partial charge in [0.05, 0.1) is 22.4 Å². The van der Waals surface area contributed by atoms with Gasteiger partial charge in [-0.05, 0) is 60.7 Å². The minimum atomic E-state index is -1.05. The van der Waals surface area contributed by atoms with Gasteiger partial charge < -0.3 is 0 Å². The molecule has 0 unspecified atom stereocenters. The minimum Gasteiger partial charge on any atom is -0.277 e. The molecule has 7 nitrogen and oxygen atoms in total. The Balaban J connectivity index is 1.51. The lowest BCUT2D eigenvalue weighted by Gasteiger charge is -2.30. The molecule has 7 heteroatoms. The number of amides is 2. The summed E-state index contributed by atoms with van der Waals surface area (Å²) in [4.78, 5) is 50.9. The molecule has 2 heterocycles. The zero-order valence-corrected chi connectivity index (χ0v) is 22.4. The summed E-state index contributed by atoms with van der Waals surface area (Å²) in [5, 5.41) is 0. The van der Waals surface area contributed by atoms with Crippen molar-refractivity contribution in [3.8, 4) is 0 Å². The van der Waals surface area contributed by atoms with Crippen LogP contribution in [0.3, 0.4) is 0 Å². The fourth-order valence-corrected chi connectivity index (χ4v) is 5.50. The molecular weight excluding hydrogens is 524 g/mol. The molecule has 2 amide bonds. The predicted molar refractivity (Wildman–Crippen MR) is 162 cm³/mol. The summed E-state index contributed by atoms with van der Waals surface area (Å²) in [6, 6.07) is 41.4. The number of imidazole rings is 1. The van der Waals surface area contributed by atoms with Crippen LogP contribution in [0.15, 0.2) is 140 Å².